The third kappa shape index (κ3) is 2.26. The van der Waals surface area contributed by atoms with Crippen molar-refractivity contribution in [3.63, 3.8) is 0 Å². The summed E-state index contributed by atoms with van der Waals surface area (Å²) in [6.07, 6.45) is 5.30. The van der Waals surface area contributed by atoms with Gasteiger partial charge in [0, 0.05) is 0 Å². The minimum atomic E-state index is -0.327. The maximum atomic E-state index is 13.0. The van der Waals surface area contributed by atoms with Crippen molar-refractivity contribution in [1.82, 2.24) is 0 Å². The molecule has 14 heavy (non-hydrogen) atoms. The first kappa shape index (κ1) is 10.6. The second-order valence-electron chi connectivity index (χ2n) is 3.41. The van der Waals surface area contributed by atoms with Gasteiger partial charge in [-0.2, -0.15) is 0 Å². The van der Waals surface area contributed by atoms with E-state index in [2.05, 4.69) is 5.92 Å². The Kier molecular flexibility index (Phi) is 3.14. The number of halogens is 1. The maximum Gasteiger partial charge on any atom is 0.138 e. The third-order valence-corrected chi connectivity index (χ3v) is 1.75. The Hall–Kier alpha value is -1.49. The van der Waals surface area contributed by atoms with Gasteiger partial charge in [-0.3, -0.25) is 0 Å². The Morgan fingerprint density at radius 1 is 1.43 bits per heavy atom. The summed E-state index contributed by atoms with van der Waals surface area (Å²) in [5.41, 5.74) is 1.20. The summed E-state index contributed by atoms with van der Waals surface area (Å²) < 4.78 is 18.5. The van der Waals surface area contributed by atoms with Crippen LogP contribution in [0.2, 0.25) is 0 Å². The number of hydrogen-bond acceptors (Lipinski definition) is 1. The van der Waals surface area contributed by atoms with Gasteiger partial charge in [-0.05, 0) is 38.5 Å². The van der Waals surface area contributed by atoms with Crippen LogP contribution in [0.4, 0.5) is 4.39 Å². The van der Waals surface area contributed by atoms with E-state index in [4.69, 9.17) is 11.2 Å². The summed E-state index contributed by atoms with van der Waals surface area (Å²) in [5, 5.41) is 0. The standard InChI is InChI=1S/C12H13FO/c1-5-10-7-11(13)6-9(4)12(10)14-8(2)3/h1,6-8H,2-4H3. The van der Waals surface area contributed by atoms with Crippen LogP contribution in [-0.2, 0) is 0 Å². The quantitative estimate of drug-likeness (QED) is 0.655. The van der Waals surface area contributed by atoms with Gasteiger partial charge >= 0.3 is 0 Å². The molecule has 0 radical (unpaired) electrons. The number of ether oxygens (including phenoxy) is 1. The van der Waals surface area contributed by atoms with Gasteiger partial charge in [0.05, 0.1) is 11.7 Å². The normalized spacial score (nSPS) is 10.0. The number of hydrogen-bond donors (Lipinski definition) is 0. The van der Waals surface area contributed by atoms with E-state index < -0.39 is 0 Å². The first-order valence-electron chi connectivity index (χ1n) is 4.48. The first-order valence-corrected chi connectivity index (χ1v) is 4.48. The zero-order valence-corrected chi connectivity index (χ0v) is 8.60. The molecular formula is C12H13FO. The maximum absolute atomic E-state index is 13.0. The number of aryl methyl sites for hydroxylation is 1. The minimum absolute atomic E-state index is 0.0336. The van der Waals surface area contributed by atoms with Crippen molar-refractivity contribution in [3.8, 4) is 18.1 Å². The van der Waals surface area contributed by atoms with Gasteiger partial charge < -0.3 is 4.74 Å². The first-order chi connectivity index (χ1) is 6.54. The molecule has 0 atom stereocenters. The summed E-state index contributed by atoms with van der Waals surface area (Å²) in [5.74, 6) is 2.69. The lowest BCUT2D eigenvalue weighted by atomic mass is 10.1. The van der Waals surface area contributed by atoms with Gasteiger partial charge in [0.2, 0.25) is 0 Å². The highest BCUT2D eigenvalue weighted by Crippen LogP contribution is 2.25. The van der Waals surface area contributed by atoms with Crippen LogP contribution in [0.1, 0.15) is 25.0 Å². The summed E-state index contributed by atoms with van der Waals surface area (Å²) in [4.78, 5) is 0. The van der Waals surface area contributed by atoms with E-state index in [0.29, 0.717) is 11.3 Å². The van der Waals surface area contributed by atoms with Gasteiger partial charge in [0.1, 0.15) is 11.6 Å². The lowest BCUT2D eigenvalue weighted by Crippen LogP contribution is -2.08. The van der Waals surface area contributed by atoms with E-state index in [-0.39, 0.29) is 11.9 Å². The molecule has 0 amide bonds. The van der Waals surface area contributed by atoms with E-state index >= 15 is 0 Å². The van der Waals surface area contributed by atoms with Crippen molar-refractivity contribution in [2.24, 2.45) is 0 Å². The average Bonchev–Trinajstić information content (AvgIpc) is 2.08. The number of benzene rings is 1. The van der Waals surface area contributed by atoms with Crippen molar-refractivity contribution in [3.05, 3.63) is 29.1 Å². The van der Waals surface area contributed by atoms with Crippen LogP contribution in [0.15, 0.2) is 12.1 Å². The zero-order chi connectivity index (χ0) is 10.7. The summed E-state index contributed by atoms with van der Waals surface area (Å²) >= 11 is 0. The summed E-state index contributed by atoms with van der Waals surface area (Å²) in [6, 6.07) is 2.73. The lowest BCUT2D eigenvalue weighted by molar-refractivity contribution is 0.240. The molecule has 1 aromatic carbocycles. The monoisotopic (exact) mass is 192 g/mol. The Labute approximate surface area is 83.9 Å². The fourth-order valence-corrected chi connectivity index (χ4v) is 1.23. The van der Waals surface area contributed by atoms with Gasteiger partial charge in [-0.1, -0.05) is 5.92 Å². The molecule has 0 bridgehead atoms. The Morgan fingerprint density at radius 3 is 2.57 bits per heavy atom. The summed E-state index contributed by atoms with van der Waals surface area (Å²) in [6.45, 7) is 5.59. The molecule has 1 rings (SSSR count). The van der Waals surface area contributed by atoms with Crippen LogP contribution in [0, 0.1) is 25.1 Å². The molecule has 0 aliphatic carbocycles. The van der Waals surface area contributed by atoms with Crippen molar-refractivity contribution in [2.45, 2.75) is 26.9 Å². The highest BCUT2D eigenvalue weighted by molar-refractivity contribution is 5.49. The van der Waals surface area contributed by atoms with Crippen LogP contribution in [-0.4, -0.2) is 6.10 Å². The molecule has 0 aliphatic rings. The highest BCUT2D eigenvalue weighted by atomic mass is 19.1. The van der Waals surface area contributed by atoms with E-state index in [1.54, 1.807) is 6.92 Å². The van der Waals surface area contributed by atoms with Crippen LogP contribution < -0.4 is 4.74 Å². The van der Waals surface area contributed by atoms with E-state index in [1.165, 1.54) is 12.1 Å². The Bertz CT molecular complexity index is 375. The smallest absolute Gasteiger partial charge is 0.138 e. The Balaban J connectivity index is 3.20. The molecule has 0 aliphatic heterocycles. The van der Waals surface area contributed by atoms with Gasteiger partial charge in [0.15, 0.2) is 0 Å². The van der Waals surface area contributed by atoms with Crippen molar-refractivity contribution in [1.29, 1.82) is 0 Å². The molecule has 74 valence electrons. The molecule has 2 heteroatoms. The van der Waals surface area contributed by atoms with E-state index in [1.807, 2.05) is 13.8 Å². The van der Waals surface area contributed by atoms with Crippen molar-refractivity contribution < 1.29 is 9.13 Å². The molecule has 0 N–H and O–H groups in total. The summed E-state index contributed by atoms with van der Waals surface area (Å²) in [7, 11) is 0. The molecule has 0 saturated heterocycles. The van der Waals surface area contributed by atoms with Gasteiger partial charge in [0.25, 0.3) is 0 Å². The molecule has 0 saturated carbocycles. The second kappa shape index (κ2) is 4.15. The predicted molar refractivity (Wildman–Crippen MR) is 54.8 cm³/mol. The molecule has 0 heterocycles. The largest absolute Gasteiger partial charge is 0.489 e. The third-order valence-electron chi connectivity index (χ3n) is 1.75. The van der Waals surface area contributed by atoms with Gasteiger partial charge in [-0.25, -0.2) is 4.39 Å². The fourth-order valence-electron chi connectivity index (χ4n) is 1.23. The second-order valence-corrected chi connectivity index (χ2v) is 3.41. The number of terminal acetylenes is 1. The van der Waals surface area contributed by atoms with Crippen LogP contribution in [0.25, 0.3) is 0 Å². The number of rotatable bonds is 2. The van der Waals surface area contributed by atoms with E-state index in [0.717, 1.165) is 5.56 Å². The molecular weight excluding hydrogens is 179 g/mol. The molecule has 0 spiro atoms. The fraction of sp³-hybridized carbons (Fsp3) is 0.333. The molecule has 1 aromatic rings. The molecule has 1 nitrogen and oxygen atoms in total. The topological polar surface area (TPSA) is 9.23 Å². The van der Waals surface area contributed by atoms with Crippen molar-refractivity contribution in [2.75, 3.05) is 0 Å². The van der Waals surface area contributed by atoms with Crippen LogP contribution in [0.5, 0.6) is 5.75 Å². The molecule has 0 aromatic heterocycles. The van der Waals surface area contributed by atoms with Crippen LogP contribution >= 0.6 is 0 Å². The Morgan fingerprint density at radius 2 is 2.07 bits per heavy atom. The van der Waals surface area contributed by atoms with Gasteiger partial charge in [-0.15, -0.1) is 6.42 Å². The average molecular weight is 192 g/mol. The lowest BCUT2D eigenvalue weighted by Gasteiger charge is -2.14. The highest BCUT2D eigenvalue weighted by Gasteiger charge is 2.09. The zero-order valence-electron chi connectivity index (χ0n) is 8.60. The van der Waals surface area contributed by atoms with E-state index in [9.17, 15) is 4.39 Å². The minimum Gasteiger partial charge on any atom is -0.489 e. The molecule has 0 fully saturated rings. The molecule has 0 unspecified atom stereocenters. The SMILES string of the molecule is C#Cc1cc(F)cc(C)c1OC(C)C. The van der Waals surface area contributed by atoms with Crippen molar-refractivity contribution >= 4 is 0 Å². The predicted octanol–water partition coefficient (Wildman–Crippen LogP) is 2.90. The van der Waals surface area contributed by atoms with Crippen LogP contribution in [0.3, 0.4) is 0 Å².